The molecule has 1 fully saturated rings. The first-order chi connectivity index (χ1) is 9.80. The summed E-state index contributed by atoms with van der Waals surface area (Å²) in [5.41, 5.74) is -1.17. The van der Waals surface area contributed by atoms with E-state index in [1.54, 1.807) is 0 Å². The van der Waals surface area contributed by atoms with Gasteiger partial charge >= 0.3 is 6.18 Å². The number of carbonyl (C=O) groups is 1. The Bertz CT molecular complexity index is 512. The average Bonchev–Trinajstić information content (AvgIpc) is 2.43. The van der Waals surface area contributed by atoms with E-state index in [2.05, 4.69) is 12.2 Å². The van der Waals surface area contributed by atoms with Crippen LogP contribution in [0, 0.1) is 11.8 Å². The van der Waals surface area contributed by atoms with Gasteiger partial charge in [-0.1, -0.05) is 38.8 Å². The second-order valence-corrected chi connectivity index (χ2v) is 5.89. The standard InChI is InChI=1S/C16H20F3NO/c1-10-6-5-9-14(11(10)2)20-15(21)12-7-3-4-8-13(12)16(17,18)19/h3-4,7-8,10-11,14H,5-6,9H2,1-2H3,(H,20,21)/t10-,11-,14+/m1/s1. The van der Waals surface area contributed by atoms with Gasteiger partial charge < -0.3 is 5.32 Å². The van der Waals surface area contributed by atoms with Gasteiger partial charge in [-0.15, -0.1) is 0 Å². The number of hydrogen-bond donors (Lipinski definition) is 1. The van der Waals surface area contributed by atoms with Crippen LogP contribution in [0.25, 0.3) is 0 Å². The first-order valence-electron chi connectivity index (χ1n) is 7.27. The van der Waals surface area contributed by atoms with Crippen molar-refractivity contribution in [3.63, 3.8) is 0 Å². The lowest BCUT2D eigenvalue weighted by Crippen LogP contribution is -2.44. The smallest absolute Gasteiger partial charge is 0.349 e. The largest absolute Gasteiger partial charge is 0.417 e. The highest BCUT2D eigenvalue weighted by Crippen LogP contribution is 2.33. The van der Waals surface area contributed by atoms with E-state index in [4.69, 9.17) is 0 Å². The molecule has 1 N–H and O–H groups in total. The van der Waals surface area contributed by atoms with Crippen molar-refractivity contribution in [2.24, 2.45) is 11.8 Å². The quantitative estimate of drug-likeness (QED) is 0.868. The van der Waals surface area contributed by atoms with Crippen LogP contribution in [0.15, 0.2) is 24.3 Å². The van der Waals surface area contributed by atoms with Gasteiger partial charge in [-0.3, -0.25) is 4.79 Å². The summed E-state index contributed by atoms with van der Waals surface area (Å²) < 4.78 is 38.8. The van der Waals surface area contributed by atoms with Crippen LogP contribution >= 0.6 is 0 Å². The van der Waals surface area contributed by atoms with E-state index in [0.717, 1.165) is 25.3 Å². The maximum atomic E-state index is 12.9. The number of benzene rings is 1. The van der Waals surface area contributed by atoms with Crippen LogP contribution in [0.3, 0.4) is 0 Å². The number of alkyl halides is 3. The third-order valence-electron chi connectivity index (χ3n) is 4.50. The van der Waals surface area contributed by atoms with Gasteiger partial charge in [0, 0.05) is 6.04 Å². The lowest BCUT2D eigenvalue weighted by atomic mass is 9.78. The first-order valence-corrected chi connectivity index (χ1v) is 7.27. The second-order valence-electron chi connectivity index (χ2n) is 5.89. The lowest BCUT2D eigenvalue weighted by molar-refractivity contribution is -0.137. The van der Waals surface area contributed by atoms with E-state index in [9.17, 15) is 18.0 Å². The van der Waals surface area contributed by atoms with Crippen molar-refractivity contribution in [3.8, 4) is 0 Å². The summed E-state index contributed by atoms with van der Waals surface area (Å²) in [5.74, 6) is 0.122. The molecule has 1 aliphatic carbocycles. The number of rotatable bonds is 2. The molecule has 21 heavy (non-hydrogen) atoms. The van der Waals surface area contributed by atoms with Crippen molar-refractivity contribution < 1.29 is 18.0 Å². The number of hydrogen-bond acceptors (Lipinski definition) is 1. The minimum absolute atomic E-state index is 0.0532. The van der Waals surface area contributed by atoms with Crippen molar-refractivity contribution in [1.29, 1.82) is 0 Å². The molecular formula is C16H20F3NO. The molecule has 3 atom stereocenters. The van der Waals surface area contributed by atoms with E-state index < -0.39 is 17.6 Å². The zero-order valence-electron chi connectivity index (χ0n) is 12.2. The summed E-state index contributed by atoms with van der Waals surface area (Å²) in [6.07, 6.45) is -1.59. The van der Waals surface area contributed by atoms with Crippen LogP contribution in [0.1, 0.15) is 49.0 Å². The minimum Gasteiger partial charge on any atom is -0.349 e. The molecular weight excluding hydrogens is 279 g/mol. The molecule has 1 aromatic rings. The summed E-state index contributed by atoms with van der Waals surface area (Å²) in [6.45, 7) is 4.16. The molecule has 0 heterocycles. The SMILES string of the molecule is C[C@@H]1[C@H](C)CCC[C@@H]1NC(=O)c1ccccc1C(F)(F)F. The van der Waals surface area contributed by atoms with Crippen LogP contribution in [0.4, 0.5) is 13.2 Å². The van der Waals surface area contributed by atoms with Crippen molar-refractivity contribution in [2.75, 3.05) is 0 Å². The molecule has 0 spiro atoms. The molecule has 1 saturated carbocycles. The maximum Gasteiger partial charge on any atom is 0.417 e. The van der Waals surface area contributed by atoms with Crippen LogP contribution in [0.2, 0.25) is 0 Å². The Morgan fingerprint density at radius 3 is 2.52 bits per heavy atom. The molecule has 0 unspecified atom stereocenters. The van der Waals surface area contributed by atoms with Gasteiger partial charge in [0.05, 0.1) is 11.1 Å². The number of nitrogens with one attached hydrogen (secondary N) is 1. The fourth-order valence-electron chi connectivity index (χ4n) is 2.96. The van der Waals surface area contributed by atoms with Gasteiger partial charge in [-0.2, -0.15) is 13.2 Å². The summed E-state index contributed by atoms with van der Waals surface area (Å²) in [7, 11) is 0. The minimum atomic E-state index is -4.51. The van der Waals surface area contributed by atoms with Crippen LogP contribution < -0.4 is 5.32 Å². The van der Waals surface area contributed by atoms with Crippen molar-refractivity contribution in [3.05, 3.63) is 35.4 Å². The van der Waals surface area contributed by atoms with Crippen molar-refractivity contribution in [1.82, 2.24) is 5.32 Å². The van der Waals surface area contributed by atoms with Crippen LogP contribution in [-0.4, -0.2) is 11.9 Å². The van der Waals surface area contributed by atoms with E-state index in [1.165, 1.54) is 18.2 Å². The van der Waals surface area contributed by atoms with Gasteiger partial charge in [0.1, 0.15) is 0 Å². The zero-order chi connectivity index (χ0) is 15.6. The summed E-state index contributed by atoms with van der Waals surface area (Å²) in [5, 5.41) is 2.79. The Morgan fingerprint density at radius 2 is 1.86 bits per heavy atom. The third-order valence-corrected chi connectivity index (χ3v) is 4.50. The molecule has 1 aromatic carbocycles. The molecule has 1 amide bonds. The molecule has 0 aliphatic heterocycles. The van der Waals surface area contributed by atoms with E-state index in [-0.39, 0.29) is 17.5 Å². The van der Waals surface area contributed by atoms with Crippen molar-refractivity contribution in [2.45, 2.75) is 45.3 Å². The predicted molar refractivity (Wildman–Crippen MR) is 74.9 cm³/mol. The van der Waals surface area contributed by atoms with Crippen LogP contribution in [-0.2, 0) is 6.18 Å². The van der Waals surface area contributed by atoms with E-state index in [0.29, 0.717) is 5.92 Å². The number of carbonyl (C=O) groups excluding carboxylic acids is 1. The molecule has 116 valence electrons. The summed E-state index contributed by atoms with van der Waals surface area (Å²) >= 11 is 0. The maximum absolute atomic E-state index is 12.9. The molecule has 1 aliphatic rings. The average molecular weight is 299 g/mol. The Hall–Kier alpha value is -1.52. The highest BCUT2D eigenvalue weighted by Gasteiger charge is 2.36. The molecule has 5 heteroatoms. The predicted octanol–water partition coefficient (Wildman–Crippen LogP) is 4.26. The normalized spacial score (nSPS) is 26.4. The zero-order valence-corrected chi connectivity index (χ0v) is 12.2. The van der Waals surface area contributed by atoms with Gasteiger partial charge in [-0.25, -0.2) is 0 Å². The summed E-state index contributed by atoms with van der Waals surface area (Å²) in [6, 6.07) is 4.88. The molecule has 0 bridgehead atoms. The molecule has 0 saturated heterocycles. The first kappa shape index (κ1) is 15.9. The third kappa shape index (κ3) is 3.57. The van der Waals surface area contributed by atoms with Crippen molar-refractivity contribution >= 4 is 5.91 Å². The Kier molecular flexibility index (Phi) is 4.59. The molecule has 2 nitrogen and oxygen atoms in total. The van der Waals surface area contributed by atoms with Gasteiger partial charge in [0.25, 0.3) is 5.91 Å². The Balaban J connectivity index is 2.18. The molecule has 0 radical (unpaired) electrons. The topological polar surface area (TPSA) is 29.1 Å². The lowest BCUT2D eigenvalue weighted by Gasteiger charge is -2.34. The van der Waals surface area contributed by atoms with Gasteiger partial charge in [-0.05, 0) is 30.4 Å². The van der Waals surface area contributed by atoms with Crippen LogP contribution in [0.5, 0.6) is 0 Å². The fourth-order valence-corrected chi connectivity index (χ4v) is 2.96. The molecule has 2 rings (SSSR count). The summed E-state index contributed by atoms with van der Waals surface area (Å²) in [4.78, 5) is 12.2. The second kappa shape index (κ2) is 6.08. The highest BCUT2D eigenvalue weighted by atomic mass is 19.4. The molecule has 0 aromatic heterocycles. The van der Waals surface area contributed by atoms with Gasteiger partial charge in [0.15, 0.2) is 0 Å². The highest BCUT2D eigenvalue weighted by molar-refractivity contribution is 5.96. The van der Waals surface area contributed by atoms with Gasteiger partial charge in [0.2, 0.25) is 0 Å². The number of amides is 1. The monoisotopic (exact) mass is 299 g/mol. The number of halogens is 3. The Labute approximate surface area is 122 Å². The fraction of sp³-hybridized carbons (Fsp3) is 0.562. The Morgan fingerprint density at radius 1 is 1.19 bits per heavy atom. The van der Waals surface area contributed by atoms with E-state index in [1.807, 2.05) is 6.92 Å². The van der Waals surface area contributed by atoms with E-state index >= 15 is 0 Å².